The highest BCUT2D eigenvalue weighted by atomic mass is 35.5. The Morgan fingerprint density at radius 3 is 2.03 bits per heavy atom. The Morgan fingerprint density at radius 2 is 1.41 bits per heavy atom. The fourth-order valence-corrected chi connectivity index (χ4v) is 7.43. The van der Waals surface area contributed by atoms with Crippen molar-refractivity contribution in [1.29, 1.82) is 5.26 Å². The van der Waals surface area contributed by atoms with E-state index in [9.17, 15) is 34.0 Å². The van der Waals surface area contributed by atoms with E-state index in [1.54, 1.807) is 48.5 Å². The van der Waals surface area contributed by atoms with E-state index in [0.717, 1.165) is 4.90 Å². The molecule has 1 atom stereocenters. The monoisotopic (exact) mass is 891 g/mol. The molecule has 1 aromatic heterocycles. The lowest BCUT2D eigenvalue weighted by molar-refractivity contribution is -0.136. The molecule has 5 aromatic rings. The molecule has 16 nitrogen and oxygen atoms in total. The molecule has 1 saturated heterocycles. The average Bonchev–Trinajstić information content (AvgIpc) is 3.52. The Hall–Kier alpha value is -6.90. The number of benzene rings is 4. The van der Waals surface area contributed by atoms with E-state index in [4.69, 9.17) is 44.4 Å². The van der Waals surface area contributed by atoms with Crippen molar-refractivity contribution in [1.82, 2.24) is 10.2 Å². The second-order valence-electron chi connectivity index (χ2n) is 14.5. The lowest BCUT2D eigenvalue weighted by Crippen LogP contribution is -2.54. The highest BCUT2D eigenvalue weighted by Crippen LogP contribution is 2.38. The lowest BCUT2D eigenvalue weighted by atomic mass is 9.96. The number of fused-ring (bicyclic) bond motifs is 2. The van der Waals surface area contributed by atoms with Crippen LogP contribution in [-0.2, 0) is 23.8 Å². The number of hydrogen-bond donors (Lipinski definition) is 1. The van der Waals surface area contributed by atoms with Gasteiger partial charge in [0.05, 0.1) is 79.4 Å². The van der Waals surface area contributed by atoms with Crippen molar-refractivity contribution in [2.75, 3.05) is 59.5 Å². The zero-order valence-corrected chi connectivity index (χ0v) is 35.6. The number of nitrogens with one attached hydrogen (secondary N) is 1. The van der Waals surface area contributed by atoms with Gasteiger partial charge in [0.1, 0.15) is 47.8 Å². The Labute approximate surface area is 371 Å². The van der Waals surface area contributed by atoms with Crippen LogP contribution in [0.5, 0.6) is 17.2 Å². The van der Waals surface area contributed by atoms with E-state index < -0.39 is 29.7 Å². The molecule has 0 bridgehead atoms. The van der Waals surface area contributed by atoms with E-state index in [2.05, 4.69) is 11.4 Å². The predicted octanol–water partition coefficient (Wildman–Crippen LogP) is 6.16. The van der Waals surface area contributed by atoms with Crippen LogP contribution in [0.25, 0.3) is 33.4 Å². The van der Waals surface area contributed by atoms with Crippen LogP contribution in [0, 0.1) is 11.3 Å². The molecule has 1 unspecified atom stereocenters. The minimum absolute atomic E-state index is 0.0423. The van der Waals surface area contributed by atoms with Crippen LogP contribution in [0.4, 0.5) is 0 Å². The topological polar surface area (TPSA) is 210 Å². The highest BCUT2D eigenvalue weighted by Gasteiger charge is 2.44. The number of rotatable bonds is 20. The second kappa shape index (κ2) is 20.5. The number of ketones is 1. The Kier molecular flexibility index (Phi) is 14.5. The maximum atomic E-state index is 13.4. The van der Waals surface area contributed by atoms with Crippen LogP contribution in [0.2, 0.25) is 5.02 Å². The van der Waals surface area contributed by atoms with Gasteiger partial charge in [-0.15, -0.1) is 0 Å². The zero-order valence-electron chi connectivity index (χ0n) is 34.9. The number of imide groups is 2. The first-order valence-electron chi connectivity index (χ1n) is 20.4. The molecule has 2 aliphatic rings. The summed E-state index contributed by atoms with van der Waals surface area (Å²) >= 11 is 6.64. The summed E-state index contributed by atoms with van der Waals surface area (Å²) in [6.07, 6.45) is 0.120. The van der Waals surface area contributed by atoms with Gasteiger partial charge in [-0.25, -0.2) is 0 Å². The van der Waals surface area contributed by atoms with Crippen molar-refractivity contribution >= 4 is 52.0 Å². The molecule has 330 valence electrons. The van der Waals surface area contributed by atoms with Crippen molar-refractivity contribution in [2.24, 2.45) is 0 Å². The third-order valence-corrected chi connectivity index (χ3v) is 10.6. The lowest BCUT2D eigenvalue weighted by Gasteiger charge is -2.27. The molecule has 1 N–H and O–H groups in total. The van der Waals surface area contributed by atoms with Crippen molar-refractivity contribution < 1.29 is 56.8 Å². The summed E-state index contributed by atoms with van der Waals surface area (Å²) in [6, 6.07) is 20.0. The molecule has 7 rings (SSSR count). The largest absolute Gasteiger partial charge is 0.493 e. The van der Waals surface area contributed by atoms with Gasteiger partial charge < -0.3 is 32.8 Å². The molecule has 3 heterocycles. The Balaban J connectivity index is 0.808. The van der Waals surface area contributed by atoms with Crippen LogP contribution in [-0.4, -0.2) is 99.8 Å². The first-order valence-corrected chi connectivity index (χ1v) is 20.8. The molecular formula is C47H42ClN3O13. The van der Waals surface area contributed by atoms with Gasteiger partial charge in [-0.2, -0.15) is 5.26 Å². The van der Waals surface area contributed by atoms with Crippen LogP contribution in [0.15, 0.2) is 82.0 Å². The number of carbonyl (C=O) groups is 5. The van der Waals surface area contributed by atoms with E-state index in [1.165, 1.54) is 31.2 Å². The number of amides is 4. The van der Waals surface area contributed by atoms with Crippen molar-refractivity contribution in [3.8, 4) is 45.8 Å². The first-order chi connectivity index (χ1) is 30.9. The molecule has 0 saturated carbocycles. The number of nitriles is 1. The molecule has 4 amide bonds. The van der Waals surface area contributed by atoms with Crippen LogP contribution < -0.4 is 25.0 Å². The number of ether oxygens (including phenoxy) is 6. The van der Waals surface area contributed by atoms with Gasteiger partial charge in [-0.1, -0.05) is 11.6 Å². The minimum atomic E-state index is -1.04. The van der Waals surface area contributed by atoms with Crippen LogP contribution in [0.3, 0.4) is 0 Å². The van der Waals surface area contributed by atoms with Crippen molar-refractivity contribution in [3.05, 3.63) is 110 Å². The quantitative estimate of drug-likeness (QED) is 0.0527. The molecule has 0 aliphatic carbocycles. The highest BCUT2D eigenvalue weighted by molar-refractivity contribution is 6.33. The molecule has 4 aromatic carbocycles. The van der Waals surface area contributed by atoms with Gasteiger partial charge in [-0.05, 0) is 86.5 Å². The van der Waals surface area contributed by atoms with Gasteiger partial charge in [-0.3, -0.25) is 39.0 Å². The molecule has 2 aliphatic heterocycles. The summed E-state index contributed by atoms with van der Waals surface area (Å²) in [5, 5.41) is 12.3. The SMILES string of the molecule is CCOc1cc2oc(-c3ccc(OCCOCCOCCOCCOc4ccc5c(c4)C(=O)N(C4CCC(=O)NC4=O)C5=O)cc3Cl)cc(=O)c2cc1-c1cc(C#N)cc(C(C)=O)c1. The minimum Gasteiger partial charge on any atom is -0.493 e. The van der Waals surface area contributed by atoms with Gasteiger partial charge in [0.2, 0.25) is 11.8 Å². The van der Waals surface area contributed by atoms with E-state index in [-0.39, 0.29) is 78.3 Å². The second-order valence-corrected chi connectivity index (χ2v) is 15.0. The van der Waals surface area contributed by atoms with Crippen molar-refractivity contribution in [2.45, 2.75) is 32.7 Å². The zero-order chi connectivity index (χ0) is 45.3. The summed E-state index contributed by atoms with van der Waals surface area (Å²) in [4.78, 5) is 76.2. The smallest absolute Gasteiger partial charge is 0.262 e. The maximum Gasteiger partial charge on any atom is 0.262 e. The molecule has 0 spiro atoms. The van der Waals surface area contributed by atoms with Gasteiger partial charge in [0, 0.05) is 35.2 Å². The summed E-state index contributed by atoms with van der Waals surface area (Å²) in [7, 11) is 0. The van der Waals surface area contributed by atoms with Gasteiger partial charge >= 0.3 is 0 Å². The van der Waals surface area contributed by atoms with Crippen LogP contribution >= 0.6 is 11.6 Å². The molecule has 64 heavy (non-hydrogen) atoms. The fourth-order valence-electron chi connectivity index (χ4n) is 7.17. The molecule has 17 heteroatoms. The normalized spacial score (nSPS) is 14.7. The number of halogens is 1. The molecule has 0 radical (unpaired) electrons. The average molecular weight is 892 g/mol. The number of piperidine rings is 1. The number of nitrogens with zero attached hydrogens (tertiary/aromatic N) is 2. The Bertz CT molecular complexity index is 2740. The maximum absolute atomic E-state index is 13.4. The number of carbonyl (C=O) groups excluding carboxylic acids is 5. The van der Waals surface area contributed by atoms with Crippen LogP contribution in [0.1, 0.15) is 63.3 Å². The summed E-state index contributed by atoms with van der Waals surface area (Å²) < 4.78 is 40.3. The van der Waals surface area contributed by atoms with E-state index >= 15 is 0 Å². The third-order valence-electron chi connectivity index (χ3n) is 10.3. The number of hydrogen-bond acceptors (Lipinski definition) is 14. The third kappa shape index (κ3) is 10.3. The summed E-state index contributed by atoms with van der Waals surface area (Å²) in [5.74, 6) is -0.993. The summed E-state index contributed by atoms with van der Waals surface area (Å²) in [6.45, 7) is 5.79. The van der Waals surface area contributed by atoms with E-state index in [1.807, 2.05) is 6.92 Å². The Morgan fingerprint density at radius 1 is 0.766 bits per heavy atom. The fraction of sp³-hybridized carbons (Fsp3) is 0.298. The molecule has 1 fully saturated rings. The van der Waals surface area contributed by atoms with E-state index in [0.29, 0.717) is 83.1 Å². The summed E-state index contributed by atoms with van der Waals surface area (Å²) in [5.41, 5.74) is 2.48. The molecular weight excluding hydrogens is 850 g/mol. The predicted molar refractivity (Wildman–Crippen MR) is 231 cm³/mol. The van der Waals surface area contributed by atoms with Gasteiger partial charge in [0.25, 0.3) is 11.8 Å². The number of Topliss-reactive ketones (excluding diaryl/α,β-unsaturated/α-hetero) is 1. The standard InChI is InChI=1S/C47H42ClN3O13/c1-3-61-41-25-43-37(23-35(41)30-19-28(26-49)18-29(20-30)27(2)52)40(53)24-42(64-43)34-7-5-32(22-38(34)48)63-17-15-60-13-11-58-10-12-59-14-16-62-31-4-6-33-36(21-31)47(57)51(46(33)56)39-8-9-44(54)50-45(39)55/h4-7,18-25,39H,3,8-17H2,1-2H3,(H,50,54,55). The van der Waals surface area contributed by atoms with Crippen molar-refractivity contribution in [3.63, 3.8) is 0 Å². The first kappa shape index (κ1) is 45.1. The van der Waals surface area contributed by atoms with Gasteiger partial charge in [0.15, 0.2) is 11.2 Å².